The highest BCUT2D eigenvalue weighted by Crippen LogP contribution is 2.26. The Hall–Kier alpha value is -2.46. The number of carbonyl (C=O) groups is 2. The van der Waals surface area contributed by atoms with Crippen molar-refractivity contribution in [3.63, 3.8) is 0 Å². The molecule has 4 nitrogen and oxygen atoms in total. The third-order valence-corrected chi connectivity index (χ3v) is 6.32. The second kappa shape index (κ2) is 8.91. The molecule has 1 aliphatic carbocycles. The molecule has 2 aromatic carbocycles. The van der Waals surface area contributed by atoms with Crippen molar-refractivity contribution in [2.75, 3.05) is 26.7 Å². The van der Waals surface area contributed by atoms with Gasteiger partial charge in [-0.05, 0) is 55.5 Å². The first-order valence-electron chi connectivity index (χ1n) is 10.8. The topological polar surface area (TPSA) is 40.6 Å². The average Bonchev–Trinajstić information content (AvgIpc) is 2.77. The van der Waals surface area contributed by atoms with Crippen LogP contribution in [0.1, 0.15) is 58.8 Å². The lowest BCUT2D eigenvalue weighted by Crippen LogP contribution is -2.49. The van der Waals surface area contributed by atoms with E-state index < -0.39 is 0 Å². The highest BCUT2D eigenvalue weighted by Gasteiger charge is 2.30. The van der Waals surface area contributed by atoms with E-state index in [0.29, 0.717) is 6.54 Å². The smallest absolute Gasteiger partial charge is 0.223 e. The van der Waals surface area contributed by atoms with Gasteiger partial charge in [0.1, 0.15) is 0 Å². The van der Waals surface area contributed by atoms with E-state index in [1.807, 2.05) is 29.2 Å². The Bertz CT molecular complexity index is 878. The van der Waals surface area contributed by atoms with Crippen molar-refractivity contribution < 1.29 is 9.59 Å². The molecular weight excluding hydrogens is 360 g/mol. The number of benzene rings is 2. The Morgan fingerprint density at radius 2 is 1.69 bits per heavy atom. The van der Waals surface area contributed by atoms with Crippen molar-refractivity contribution in [2.24, 2.45) is 0 Å². The van der Waals surface area contributed by atoms with Crippen molar-refractivity contribution in [1.82, 2.24) is 9.80 Å². The number of Topliss-reactive ketones (excluding diaryl/α,β-unsaturated/α-hetero) is 1. The van der Waals surface area contributed by atoms with Gasteiger partial charge in [-0.15, -0.1) is 0 Å². The first kappa shape index (κ1) is 19.8. The Kier molecular flexibility index (Phi) is 6.10. The van der Waals surface area contributed by atoms with E-state index in [9.17, 15) is 9.59 Å². The Labute approximate surface area is 173 Å². The fraction of sp³-hybridized carbons (Fsp3) is 0.440. The van der Waals surface area contributed by atoms with Crippen molar-refractivity contribution in [2.45, 2.75) is 44.6 Å². The normalized spacial score (nSPS) is 19.6. The van der Waals surface area contributed by atoms with Crippen molar-refractivity contribution in [3.8, 4) is 0 Å². The van der Waals surface area contributed by atoms with E-state index in [4.69, 9.17) is 0 Å². The number of amides is 1. The Morgan fingerprint density at radius 3 is 2.48 bits per heavy atom. The summed E-state index contributed by atoms with van der Waals surface area (Å²) in [6.45, 7) is 2.41. The Balaban J connectivity index is 1.41. The summed E-state index contributed by atoms with van der Waals surface area (Å²) in [5, 5.41) is 0. The first-order chi connectivity index (χ1) is 14.1. The number of likely N-dealkylation sites (N-methyl/N-ethyl adjacent to an activating group) is 1. The van der Waals surface area contributed by atoms with E-state index in [0.717, 1.165) is 37.1 Å². The number of carbonyl (C=O) groups excluding carboxylic acids is 2. The summed E-state index contributed by atoms with van der Waals surface area (Å²) in [7, 11) is 2.09. The molecular formula is C25H30N2O2. The van der Waals surface area contributed by atoms with Gasteiger partial charge >= 0.3 is 0 Å². The predicted molar refractivity (Wildman–Crippen MR) is 115 cm³/mol. The van der Waals surface area contributed by atoms with Gasteiger partial charge in [-0.2, -0.15) is 0 Å². The molecule has 0 aromatic heterocycles. The van der Waals surface area contributed by atoms with Gasteiger partial charge in [0.2, 0.25) is 5.91 Å². The molecule has 1 aliphatic heterocycles. The maximum Gasteiger partial charge on any atom is 0.223 e. The van der Waals surface area contributed by atoms with Gasteiger partial charge in [0.15, 0.2) is 5.78 Å². The van der Waals surface area contributed by atoms with Crippen LogP contribution < -0.4 is 0 Å². The van der Waals surface area contributed by atoms with Gasteiger partial charge in [0.05, 0.1) is 6.04 Å². The number of hydrogen-bond acceptors (Lipinski definition) is 3. The zero-order chi connectivity index (χ0) is 20.2. The summed E-state index contributed by atoms with van der Waals surface area (Å²) in [6, 6.07) is 16.4. The SMILES string of the molecule is CN1CCN(C(=O)CCC(=O)c2ccc3c(c2)CCCC3)[C@H](c2ccccc2)C1. The second-order valence-electron chi connectivity index (χ2n) is 8.39. The van der Waals surface area contributed by atoms with E-state index in [-0.39, 0.29) is 30.6 Å². The molecule has 4 rings (SSSR count). The number of nitrogens with zero attached hydrogens (tertiary/aromatic N) is 2. The third-order valence-electron chi connectivity index (χ3n) is 6.32. The maximum absolute atomic E-state index is 13.0. The highest BCUT2D eigenvalue weighted by atomic mass is 16.2. The van der Waals surface area contributed by atoms with Crippen LogP contribution in [0.2, 0.25) is 0 Å². The van der Waals surface area contributed by atoms with Crippen molar-refractivity contribution >= 4 is 11.7 Å². The van der Waals surface area contributed by atoms with Crippen LogP contribution in [0.15, 0.2) is 48.5 Å². The second-order valence-corrected chi connectivity index (χ2v) is 8.39. The first-order valence-corrected chi connectivity index (χ1v) is 10.8. The summed E-state index contributed by atoms with van der Waals surface area (Å²) >= 11 is 0. The summed E-state index contributed by atoms with van der Waals surface area (Å²) in [5.74, 6) is 0.162. The molecule has 0 spiro atoms. The van der Waals surface area contributed by atoms with Gasteiger partial charge in [0, 0.05) is 38.0 Å². The number of fused-ring (bicyclic) bond motifs is 1. The van der Waals surface area contributed by atoms with E-state index in [2.05, 4.69) is 36.2 Å². The molecule has 152 valence electrons. The van der Waals surface area contributed by atoms with Crippen LogP contribution in [-0.4, -0.2) is 48.2 Å². The monoisotopic (exact) mass is 390 g/mol. The van der Waals surface area contributed by atoms with Crippen LogP contribution in [0.4, 0.5) is 0 Å². The molecule has 1 heterocycles. The summed E-state index contributed by atoms with van der Waals surface area (Å²) in [5.41, 5.74) is 4.62. The average molecular weight is 391 g/mol. The minimum absolute atomic E-state index is 0.0568. The highest BCUT2D eigenvalue weighted by molar-refractivity contribution is 5.98. The zero-order valence-electron chi connectivity index (χ0n) is 17.3. The molecule has 0 saturated carbocycles. The molecule has 0 unspecified atom stereocenters. The van der Waals surface area contributed by atoms with Crippen LogP contribution in [0.25, 0.3) is 0 Å². The molecule has 0 radical (unpaired) electrons. The standard InChI is InChI=1S/C25H30N2O2/c1-26-15-16-27(23(18-26)20-8-3-2-4-9-20)25(29)14-13-24(28)22-12-11-19-7-5-6-10-21(19)17-22/h2-4,8-9,11-12,17,23H,5-7,10,13-16,18H2,1H3/t23-/m0/s1. The molecule has 0 N–H and O–H groups in total. The largest absolute Gasteiger partial charge is 0.333 e. The lowest BCUT2D eigenvalue weighted by Gasteiger charge is -2.40. The van der Waals surface area contributed by atoms with Crippen LogP contribution in [0, 0.1) is 0 Å². The predicted octanol–water partition coefficient (Wildman–Crippen LogP) is 4.04. The van der Waals surface area contributed by atoms with E-state index >= 15 is 0 Å². The summed E-state index contributed by atoms with van der Waals surface area (Å²) < 4.78 is 0. The molecule has 1 fully saturated rings. The van der Waals surface area contributed by atoms with Gasteiger partial charge in [-0.25, -0.2) is 0 Å². The molecule has 0 bridgehead atoms. The molecule has 1 saturated heterocycles. The van der Waals surface area contributed by atoms with Crippen LogP contribution in [0.5, 0.6) is 0 Å². The molecule has 2 aromatic rings. The molecule has 1 amide bonds. The van der Waals surface area contributed by atoms with Gasteiger partial charge in [-0.1, -0.05) is 42.5 Å². The summed E-state index contributed by atoms with van der Waals surface area (Å²) in [4.78, 5) is 30.0. The maximum atomic E-state index is 13.0. The quantitative estimate of drug-likeness (QED) is 0.724. The van der Waals surface area contributed by atoms with Crippen LogP contribution in [0.3, 0.4) is 0 Å². The van der Waals surface area contributed by atoms with Gasteiger partial charge in [0.25, 0.3) is 0 Å². The molecule has 29 heavy (non-hydrogen) atoms. The fourth-order valence-electron chi connectivity index (χ4n) is 4.59. The number of aryl methyl sites for hydroxylation is 2. The minimum Gasteiger partial charge on any atom is -0.333 e. The molecule has 4 heteroatoms. The fourth-order valence-corrected chi connectivity index (χ4v) is 4.59. The van der Waals surface area contributed by atoms with Crippen LogP contribution >= 0.6 is 0 Å². The Morgan fingerprint density at radius 1 is 0.931 bits per heavy atom. The van der Waals surface area contributed by atoms with Crippen LogP contribution in [-0.2, 0) is 17.6 Å². The number of hydrogen-bond donors (Lipinski definition) is 0. The van der Waals surface area contributed by atoms with Gasteiger partial charge < -0.3 is 9.80 Å². The van der Waals surface area contributed by atoms with Crippen molar-refractivity contribution in [1.29, 1.82) is 0 Å². The van der Waals surface area contributed by atoms with E-state index in [1.165, 1.54) is 24.0 Å². The lowest BCUT2D eigenvalue weighted by molar-refractivity contribution is -0.136. The molecule has 2 aliphatic rings. The number of rotatable bonds is 5. The number of ketones is 1. The van der Waals surface area contributed by atoms with Gasteiger partial charge in [-0.3, -0.25) is 9.59 Å². The zero-order valence-corrected chi connectivity index (χ0v) is 17.3. The van der Waals surface area contributed by atoms with E-state index in [1.54, 1.807) is 0 Å². The molecule has 1 atom stereocenters. The third kappa shape index (κ3) is 4.59. The van der Waals surface area contributed by atoms with Crippen molar-refractivity contribution in [3.05, 3.63) is 70.8 Å². The lowest BCUT2D eigenvalue weighted by atomic mass is 9.89. The minimum atomic E-state index is 0.0568. The summed E-state index contributed by atoms with van der Waals surface area (Å²) in [6.07, 6.45) is 5.19. The number of piperazine rings is 1.